The summed E-state index contributed by atoms with van der Waals surface area (Å²) in [5, 5.41) is 8.69. The molecule has 1 heteroatoms. The second kappa shape index (κ2) is 5.40. The van der Waals surface area contributed by atoms with Crippen molar-refractivity contribution in [1.29, 1.82) is 5.26 Å². The number of nitriles is 1. The van der Waals surface area contributed by atoms with Crippen molar-refractivity contribution in [3.63, 3.8) is 0 Å². The molecule has 2 aromatic rings. The first-order valence-electron chi connectivity index (χ1n) is 5.41. The Kier molecular flexibility index (Phi) is 3.46. The van der Waals surface area contributed by atoms with Gasteiger partial charge in [-0.2, -0.15) is 5.26 Å². The van der Waals surface area contributed by atoms with Gasteiger partial charge >= 0.3 is 0 Å². The average molecular weight is 227 g/mol. The van der Waals surface area contributed by atoms with Crippen LogP contribution in [0.25, 0.3) is 0 Å². The minimum atomic E-state index is 0.634. The molecule has 2 aromatic carbocycles. The van der Waals surface area contributed by atoms with Crippen LogP contribution in [0.1, 0.15) is 22.3 Å². The Labute approximate surface area is 107 Å². The quantitative estimate of drug-likeness (QED) is 0.635. The van der Waals surface area contributed by atoms with E-state index in [9.17, 15) is 0 Å². The number of terminal acetylenes is 1. The Bertz CT molecular complexity index is 698. The van der Waals surface area contributed by atoms with Crippen molar-refractivity contribution >= 4 is 0 Å². The maximum Gasteiger partial charge on any atom is 0.0991 e. The van der Waals surface area contributed by atoms with Crippen molar-refractivity contribution in [2.45, 2.75) is 0 Å². The topological polar surface area (TPSA) is 23.8 Å². The highest BCUT2D eigenvalue weighted by Crippen LogP contribution is 2.04. The molecule has 0 aromatic heterocycles. The van der Waals surface area contributed by atoms with Crippen molar-refractivity contribution in [3.05, 3.63) is 70.8 Å². The highest BCUT2D eigenvalue weighted by molar-refractivity contribution is 5.47. The number of benzene rings is 2. The van der Waals surface area contributed by atoms with Crippen LogP contribution in [0.3, 0.4) is 0 Å². The van der Waals surface area contributed by atoms with E-state index < -0.39 is 0 Å². The fourth-order valence-corrected chi connectivity index (χ4v) is 1.46. The predicted molar refractivity (Wildman–Crippen MR) is 71.5 cm³/mol. The van der Waals surface area contributed by atoms with E-state index in [2.05, 4.69) is 23.8 Å². The van der Waals surface area contributed by atoms with E-state index in [0.29, 0.717) is 5.56 Å². The molecular formula is C17H9N. The number of rotatable bonds is 0. The molecule has 18 heavy (non-hydrogen) atoms. The van der Waals surface area contributed by atoms with Crippen molar-refractivity contribution in [2.24, 2.45) is 0 Å². The minimum Gasteiger partial charge on any atom is -0.192 e. The monoisotopic (exact) mass is 227 g/mol. The van der Waals surface area contributed by atoms with Crippen molar-refractivity contribution in [2.75, 3.05) is 0 Å². The van der Waals surface area contributed by atoms with Gasteiger partial charge in [0.25, 0.3) is 0 Å². The van der Waals surface area contributed by atoms with Gasteiger partial charge < -0.3 is 0 Å². The van der Waals surface area contributed by atoms with Crippen LogP contribution < -0.4 is 0 Å². The van der Waals surface area contributed by atoms with Crippen LogP contribution in [0, 0.1) is 35.5 Å². The molecule has 0 heterocycles. The van der Waals surface area contributed by atoms with Gasteiger partial charge in [0.15, 0.2) is 0 Å². The third kappa shape index (κ3) is 2.79. The summed E-state index contributed by atoms with van der Waals surface area (Å²) in [5.74, 6) is 8.66. The maximum absolute atomic E-state index is 8.69. The summed E-state index contributed by atoms with van der Waals surface area (Å²) in [6.45, 7) is 0. The number of hydrogen-bond donors (Lipinski definition) is 0. The zero-order chi connectivity index (χ0) is 12.8. The van der Waals surface area contributed by atoms with Gasteiger partial charge in [0.1, 0.15) is 0 Å². The highest BCUT2D eigenvalue weighted by Gasteiger charge is 1.91. The second-order valence-corrected chi connectivity index (χ2v) is 3.66. The molecule has 82 valence electrons. The lowest BCUT2D eigenvalue weighted by Crippen LogP contribution is -1.79. The van der Waals surface area contributed by atoms with E-state index in [4.69, 9.17) is 11.7 Å². The van der Waals surface area contributed by atoms with E-state index in [1.54, 1.807) is 12.1 Å². The lowest BCUT2D eigenvalue weighted by molar-refractivity contribution is 1.48. The van der Waals surface area contributed by atoms with E-state index in [-0.39, 0.29) is 0 Å². The molecule has 0 amide bonds. The van der Waals surface area contributed by atoms with Gasteiger partial charge in [-0.1, -0.05) is 23.8 Å². The predicted octanol–water partition coefficient (Wildman–Crippen LogP) is 2.94. The first-order chi connectivity index (χ1) is 8.81. The highest BCUT2D eigenvalue weighted by atomic mass is 14.2. The maximum atomic E-state index is 8.69. The first kappa shape index (κ1) is 11.5. The van der Waals surface area contributed by atoms with E-state index in [1.165, 1.54) is 0 Å². The third-order valence-corrected chi connectivity index (χ3v) is 2.39. The van der Waals surface area contributed by atoms with Crippen molar-refractivity contribution in [3.8, 4) is 30.3 Å². The van der Waals surface area contributed by atoms with Gasteiger partial charge in [0.2, 0.25) is 0 Å². The molecule has 0 bridgehead atoms. The van der Waals surface area contributed by atoms with Gasteiger partial charge in [-0.05, 0) is 42.5 Å². The first-order valence-corrected chi connectivity index (χ1v) is 5.41. The lowest BCUT2D eigenvalue weighted by atomic mass is 10.1. The van der Waals surface area contributed by atoms with Crippen LogP contribution in [0.2, 0.25) is 0 Å². The molecule has 0 aliphatic heterocycles. The largest absolute Gasteiger partial charge is 0.192 e. The van der Waals surface area contributed by atoms with Crippen LogP contribution >= 0.6 is 0 Å². The fourth-order valence-electron chi connectivity index (χ4n) is 1.46. The standard InChI is InChI=1S/C17H9N/c1-2-14-4-3-5-16(12-14)9-6-15-7-10-17(13-18)11-8-15/h1,3-5,7-8,10-12H. The SMILES string of the molecule is C#Cc1cccc(C#Cc2ccc(C#N)cc2)c1. The second-order valence-electron chi connectivity index (χ2n) is 3.66. The molecule has 0 radical (unpaired) electrons. The Morgan fingerprint density at radius 3 is 2.06 bits per heavy atom. The molecule has 0 aliphatic rings. The van der Waals surface area contributed by atoms with Crippen LogP contribution in [0.5, 0.6) is 0 Å². The van der Waals surface area contributed by atoms with Crippen LogP contribution in [-0.2, 0) is 0 Å². The van der Waals surface area contributed by atoms with E-state index in [1.807, 2.05) is 36.4 Å². The fraction of sp³-hybridized carbons (Fsp3) is 0. The van der Waals surface area contributed by atoms with Gasteiger partial charge in [-0.25, -0.2) is 0 Å². The molecule has 0 fully saturated rings. The molecule has 2 rings (SSSR count). The Morgan fingerprint density at radius 1 is 0.778 bits per heavy atom. The molecule has 0 aliphatic carbocycles. The van der Waals surface area contributed by atoms with Gasteiger partial charge in [0.05, 0.1) is 11.6 Å². The molecule has 0 unspecified atom stereocenters. The van der Waals surface area contributed by atoms with Gasteiger partial charge in [0, 0.05) is 16.7 Å². The zero-order valence-corrected chi connectivity index (χ0v) is 9.64. The molecule has 0 spiro atoms. The summed E-state index contributed by atoms with van der Waals surface area (Å²) >= 11 is 0. The van der Waals surface area contributed by atoms with Crippen molar-refractivity contribution < 1.29 is 0 Å². The summed E-state index contributed by atoms with van der Waals surface area (Å²) in [6.07, 6.45) is 5.33. The van der Waals surface area contributed by atoms with Crippen LogP contribution in [0.15, 0.2) is 48.5 Å². The summed E-state index contributed by atoms with van der Waals surface area (Å²) in [4.78, 5) is 0. The molecule has 1 nitrogen and oxygen atoms in total. The normalized spacial score (nSPS) is 8.56. The van der Waals surface area contributed by atoms with Gasteiger partial charge in [-0.3, -0.25) is 0 Å². The third-order valence-electron chi connectivity index (χ3n) is 2.39. The Hall–Kier alpha value is -2.95. The minimum absolute atomic E-state index is 0.634. The Balaban J connectivity index is 2.26. The molecule has 0 saturated carbocycles. The van der Waals surface area contributed by atoms with Crippen molar-refractivity contribution in [1.82, 2.24) is 0 Å². The molecule has 0 saturated heterocycles. The van der Waals surface area contributed by atoms with Crippen LogP contribution in [0.4, 0.5) is 0 Å². The molecule has 0 atom stereocenters. The summed E-state index contributed by atoms with van der Waals surface area (Å²) in [6, 6.07) is 16.8. The molecular weight excluding hydrogens is 218 g/mol. The van der Waals surface area contributed by atoms with Crippen LogP contribution in [-0.4, -0.2) is 0 Å². The van der Waals surface area contributed by atoms with Gasteiger partial charge in [-0.15, -0.1) is 6.42 Å². The lowest BCUT2D eigenvalue weighted by Gasteiger charge is -1.92. The number of nitrogens with zero attached hydrogens (tertiary/aromatic N) is 1. The molecule has 0 N–H and O–H groups in total. The summed E-state index contributed by atoms with van der Waals surface area (Å²) in [5.41, 5.74) is 3.21. The van der Waals surface area contributed by atoms with E-state index >= 15 is 0 Å². The summed E-state index contributed by atoms with van der Waals surface area (Å²) in [7, 11) is 0. The number of hydrogen-bond acceptors (Lipinski definition) is 1. The summed E-state index contributed by atoms with van der Waals surface area (Å²) < 4.78 is 0. The Morgan fingerprint density at radius 2 is 1.39 bits per heavy atom. The average Bonchev–Trinajstić information content (AvgIpc) is 2.46. The smallest absolute Gasteiger partial charge is 0.0991 e. The van der Waals surface area contributed by atoms with E-state index in [0.717, 1.165) is 16.7 Å². The zero-order valence-electron chi connectivity index (χ0n) is 9.64.